The van der Waals surface area contributed by atoms with Gasteiger partial charge in [-0.15, -0.1) is 0 Å². The molecule has 0 bridgehead atoms. The van der Waals surface area contributed by atoms with Crippen LogP contribution in [0.1, 0.15) is 21.5 Å². The number of hydrogen-bond acceptors (Lipinski definition) is 4. The van der Waals surface area contributed by atoms with Gasteiger partial charge in [-0.3, -0.25) is 4.79 Å². The van der Waals surface area contributed by atoms with E-state index in [1.807, 2.05) is 12.3 Å². The Balaban J connectivity index is 2.10. The van der Waals surface area contributed by atoms with E-state index < -0.39 is 0 Å². The lowest BCUT2D eigenvalue weighted by molar-refractivity contribution is 0.0951. The van der Waals surface area contributed by atoms with Gasteiger partial charge in [0, 0.05) is 19.8 Å². The van der Waals surface area contributed by atoms with E-state index in [0.29, 0.717) is 22.9 Å². The minimum Gasteiger partial charge on any atom is -0.373 e. The molecule has 0 aliphatic carbocycles. The molecule has 0 fully saturated rings. The average molecular weight is 296 g/mol. The lowest BCUT2D eigenvalue weighted by Crippen LogP contribution is -2.23. The highest BCUT2D eigenvalue weighted by Crippen LogP contribution is 2.18. The number of carbonyl (C=O) groups is 1. The molecular weight excluding hydrogens is 282 g/mol. The van der Waals surface area contributed by atoms with Crippen LogP contribution in [-0.2, 0) is 6.54 Å². The van der Waals surface area contributed by atoms with Gasteiger partial charge in [-0.25, -0.2) is 4.98 Å². The molecule has 0 spiro atoms. The maximum Gasteiger partial charge on any atom is 0.253 e. The molecule has 0 radical (unpaired) electrons. The zero-order chi connectivity index (χ0) is 13.8. The number of nitrogens with zero attached hydrogens (tertiary/aromatic N) is 1. The molecule has 0 atom stereocenters. The number of rotatable bonds is 4. The van der Waals surface area contributed by atoms with Gasteiger partial charge in [0.15, 0.2) is 0 Å². The summed E-state index contributed by atoms with van der Waals surface area (Å²) >= 11 is 7.62. The number of hydrogen-bond donors (Lipinski definition) is 2. The molecule has 2 heterocycles. The van der Waals surface area contributed by atoms with Crippen LogP contribution in [-0.4, -0.2) is 17.9 Å². The van der Waals surface area contributed by atoms with Gasteiger partial charge in [0.25, 0.3) is 5.91 Å². The molecule has 19 heavy (non-hydrogen) atoms. The molecule has 0 aromatic carbocycles. The van der Waals surface area contributed by atoms with E-state index in [2.05, 4.69) is 21.0 Å². The maximum absolute atomic E-state index is 12.1. The Kier molecular flexibility index (Phi) is 4.39. The standard InChI is InChI=1S/C13H14ClN3OS/c1-8-6-19-7-9(8)4-17-13(18)10-3-12(15-2)16-5-11(10)14/h3,5-7H,4H2,1-2H3,(H,15,16)(H,17,18). The van der Waals surface area contributed by atoms with Gasteiger partial charge in [-0.2, -0.15) is 11.3 Å². The first-order chi connectivity index (χ1) is 9.11. The van der Waals surface area contributed by atoms with Crippen molar-refractivity contribution in [3.63, 3.8) is 0 Å². The summed E-state index contributed by atoms with van der Waals surface area (Å²) in [5.74, 6) is 0.413. The molecule has 6 heteroatoms. The van der Waals surface area contributed by atoms with Crippen molar-refractivity contribution in [1.29, 1.82) is 0 Å². The second-order valence-corrected chi connectivity index (χ2v) is 5.21. The van der Waals surface area contributed by atoms with Crippen LogP contribution in [0.3, 0.4) is 0 Å². The van der Waals surface area contributed by atoms with Crippen molar-refractivity contribution in [2.45, 2.75) is 13.5 Å². The zero-order valence-corrected chi connectivity index (χ0v) is 12.2. The number of amides is 1. The molecule has 2 N–H and O–H groups in total. The van der Waals surface area contributed by atoms with Crippen LogP contribution in [0.15, 0.2) is 23.0 Å². The van der Waals surface area contributed by atoms with Gasteiger partial charge >= 0.3 is 0 Å². The Morgan fingerprint density at radius 1 is 1.47 bits per heavy atom. The quantitative estimate of drug-likeness (QED) is 0.911. The summed E-state index contributed by atoms with van der Waals surface area (Å²) in [5, 5.41) is 10.2. The lowest BCUT2D eigenvalue weighted by atomic mass is 10.2. The molecule has 0 aliphatic heterocycles. The summed E-state index contributed by atoms with van der Waals surface area (Å²) in [6, 6.07) is 1.64. The molecule has 0 aliphatic rings. The van der Waals surface area contributed by atoms with Gasteiger partial charge < -0.3 is 10.6 Å². The number of halogens is 1. The Bertz CT molecular complexity index is 597. The molecule has 100 valence electrons. The Morgan fingerprint density at radius 2 is 2.26 bits per heavy atom. The third-order valence-electron chi connectivity index (χ3n) is 2.76. The van der Waals surface area contributed by atoms with E-state index in [9.17, 15) is 4.79 Å². The molecule has 4 nitrogen and oxygen atoms in total. The van der Waals surface area contributed by atoms with E-state index >= 15 is 0 Å². The van der Waals surface area contributed by atoms with Gasteiger partial charge in [-0.05, 0) is 34.9 Å². The van der Waals surface area contributed by atoms with E-state index in [4.69, 9.17) is 11.6 Å². The first-order valence-corrected chi connectivity index (χ1v) is 7.07. The van der Waals surface area contributed by atoms with Crippen molar-refractivity contribution in [2.75, 3.05) is 12.4 Å². The summed E-state index contributed by atoms with van der Waals surface area (Å²) in [7, 11) is 1.74. The maximum atomic E-state index is 12.1. The van der Waals surface area contributed by atoms with E-state index in [1.165, 1.54) is 11.8 Å². The molecular formula is C13H14ClN3OS. The number of thiophene rings is 1. The largest absolute Gasteiger partial charge is 0.373 e. The smallest absolute Gasteiger partial charge is 0.253 e. The van der Waals surface area contributed by atoms with Crippen molar-refractivity contribution in [3.8, 4) is 0 Å². The van der Waals surface area contributed by atoms with Gasteiger partial charge in [0.1, 0.15) is 5.82 Å². The Hall–Kier alpha value is -1.59. The van der Waals surface area contributed by atoms with Crippen LogP contribution in [0.2, 0.25) is 5.02 Å². The van der Waals surface area contributed by atoms with Crippen molar-refractivity contribution in [3.05, 3.63) is 44.7 Å². The highest BCUT2D eigenvalue weighted by atomic mass is 35.5. The SMILES string of the molecule is CNc1cc(C(=O)NCc2cscc2C)c(Cl)cn1. The van der Waals surface area contributed by atoms with Gasteiger partial charge in [0.2, 0.25) is 0 Å². The van der Waals surface area contributed by atoms with Crippen molar-refractivity contribution in [1.82, 2.24) is 10.3 Å². The average Bonchev–Trinajstić information content (AvgIpc) is 2.82. The van der Waals surface area contributed by atoms with Gasteiger partial charge in [-0.1, -0.05) is 11.6 Å². The Morgan fingerprint density at radius 3 is 2.89 bits per heavy atom. The third-order valence-corrected chi connectivity index (χ3v) is 3.97. The fourth-order valence-corrected chi connectivity index (χ4v) is 2.63. The number of pyridine rings is 1. The molecule has 0 saturated heterocycles. The topological polar surface area (TPSA) is 54.0 Å². The normalized spacial score (nSPS) is 10.3. The van der Waals surface area contributed by atoms with Crippen LogP contribution in [0.4, 0.5) is 5.82 Å². The molecule has 2 aromatic rings. The Labute approximate surface area is 120 Å². The van der Waals surface area contributed by atoms with Crippen LogP contribution < -0.4 is 10.6 Å². The van der Waals surface area contributed by atoms with Crippen molar-refractivity contribution >= 4 is 34.7 Å². The van der Waals surface area contributed by atoms with E-state index in [-0.39, 0.29) is 5.91 Å². The second kappa shape index (κ2) is 6.04. The number of carbonyl (C=O) groups excluding carboxylic acids is 1. The van der Waals surface area contributed by atoms with E-state index in [1.54, 1.807) is 24.5 Å². The molecule has 0 unspecified atom stereocenters. The summed E-state index contributed by atoms with van der Waals surface area (Å²) in [5.41, 5.74) is 2.73. The molecule has 2 aromatic heterocycles. The summed E-state index contributed by atoms with van der Waals surface area (Å²) in [6.45, 7) is 2.53. The lowest BCUT2D eigenvalue weighted by Gasteiger charge is -2.08. The minimum absolute atomic E-state index is 0.200. The minimum atomic E-state index is -0.200. The third kappa shape index (κ3) is 3.24. The van der Waals surface area contributed by atoms with E-state index in [0.717, 1.165) is 5.56 Å². The van der Waals surface area contributed by atoms with Crippen LogP contribution in [0.5, 0.6) is 0 Å². The predicted molar refractivity (Wildman–Crippen MR) is 79.0 cm³/mol. The highest BCUT2D eigenvalue weighted by Gasteiger charge is 2.12. The van der Waals surface area contributed by atoms with Crippen molar-refractivity contribution in [2.24, 2.45) is 0 Å². The van der Waals surface area contributed by atoms with Crippen LogP contribution >= 0.6 is 22.9 Å². The highest BCUT2D eigenvalue weighted by molar-refractivity contribution is 7.08. The molecule has 0 saturated carbocycles. The van der Waals surface area contributed by atoms with Crippen LogP contribution in [0, 0.1) is 6.92 Å². The number of anilines is 1. The molecule has 1 amide bonds. The fourth-order valence-electron chi connectivity index (χ4n) is 1.59. The van der Waals surface area contributed by atoms with Crippen LogP contribution in [0.25, 0.3) is 0 Å². The first-order valence-electron chi connectivity index (χ1n) is 5.75. The predicted octanol–water partition coefficient (Wildman–Crippen LogP) is 3.08. The number of aromatic nitrogens is 1. The zero-order valence-electron chi connectivity index (χ0n) is 10.7. The number of aryl methyl sites for hydroxylation is 1. The first kappa shape index (κ1) is 13.8. The summed E-state index contributed by atoms with van der Waals surface area (Å²) in [4.78, 5) is 16.1. The number of nitrogens with one attached hydrogen (secondary N) is 2. The molecule has 2 rings (SSSR count). The monoisotopic (exact) mass is 295 g/mol. The van der Waals surface area contributed by atoms with Gasteiger partial charge in [0.05, 0.1) is 10.6 Å². The summed E-state index contributed by atoms with van der Waals surface area (Å²) < 4.78 is 0. The second-order valence-electron chi connectivity index (χ2n) is 4.06. The summed E-state index contributed by atoms with van der Waals surface area (Å²) in [6.07, 6.45) is 1.47. The van der Waals surface area contributed by atoms with Crippen molar-refractivity contribution < 1.29 is 4.79 Å². The fraction of sp³-hybridized carbons (Fsp3) is 0.231.